The topological polar surface area (TPSA) is 35.2 Å². The Morgan fingerprint density at radius 1 is 1.07 bits per heavy atom. The van der Waals surface area contributed by atoms with Crippen LogP contribution in [0.1, 0.15) is 11.1 Å². The summed E-state index contributed by atoms with van der Waals surface area (Å²) in [4.78, 5) is 4.56. The van der Waals surface area contributed by atoms with Crippen molar-refractivity contribution in [2.45, 2.75) is 13.2 Å². The minimum Gasteiger partial charge on any atom is -0.327 e. The van der Waals surface area contributed by atoms with Gasteiger partial charge in [-0.1, -0.05) is 24.3 Å². The normalized spacial score (nSPS) is 11.7. The number of nitrogens with two attached hydrogens (primary N) is 1. The average Bonchev–Trinajstić information content (AvgIpc) is 2.06. The number of hydrogen-bond donors (Lipinski definition) is 1. The third-order valence-electron chi connectivity index (χ3n) is 1.93. The lowest BCUT2D eigenvalue weighted by Crippen LogP contribution is -2.33. The van der Waals surface area contributed by atoms with Gasteiger partial charge in [-0.3, -0.25) is 4.84 Å². The first kappa shape index (κ1) is 11.2. The molecule has 0 radical (unpaired) electrons. The molecule has 0 fully saturated rings. The third-order valence-corrected chi connectivity index (χ3v) is 1.93. The van der Waals surface area contributed by atoms with E-state index in [2.05, 4.69) is 50.2 Å². The van der Waals surface area contributed by atoms with Crippen LogP contribution in [-0.4, -0.2) is 25.6 Å². The molecular weight excluding hydrogens is 176 g/mol. The van der Waals surface area contributed by atoms with E-state index in [9.17, 15) is 0 Å². The molecule has 1 aromatic carbocycles. The zero-order chi connectivity index (χ0) is 10.6. The van der Waals surface area contributed by atoms with Crippen molar-refractivity contribution in [3.8, 4) is 0 Å². The molecule has 0 aliphatic heterocycles. The number of benzene rings is 1. The van der Waals surface area contributed by atoms with Crippen molar-refractivity contribution in [3.05, 3.63) is 35.4 Å². The first-order chi connectivity index (χ1) is 6.51. The van der Waals surface area contributed by atoms with E-state index in [4.69, 9.17) is 5.90 Å². The van der Waals surface area contributed by atoms with Crippen molar-refractivity contribution in [1.29, 1.82) is 0 Å². The SMILES string of the molecule is C[N+](C)(C)Cc1ccc(CON)cc1. The highest BCUT2D eigenvalue weighted by Crippen LogP contribution is 2.09. The maximum atomic E-state index is 5.00. The fraction of sp³-hybridized carbons (Fsp3) is 0.455. The van der Waals surface area contributed by atoms with Gasteiger partial charge in [-0.05, 0) is 5.56 Å². The molecule has 0 spiro atoms. The Balaban J connectivity index is 2.64. The summed E-state index contributed by atoms with van der Waals surface area (Å²) in [5.74, 6) is 5.00. The van der Waals surface area contributed by atoms with Crippen molar-refractivity contribution < 1.29 is 9.32 Å². The summed E-state index contributed by atoms with van der Waals surface area (Å²) < 4.78 is 0.937. The fourth-order valence-corrected chi connectivity index (χ4v) is 1.38. The molecule has 0 saturated heterocycles. The van der Waals surface area contributed by atoms with Crippen LogP contribution >= 0.6 is 0 Å². The molecular formula is C11H19N2O+. The molecule has 0 aliphatic rings. The molecule has 0 aliphatic carbocycles. The molecule has 0 aromatic heterocycles. The summed E-state index contributed by atoms with van der Waals surface area (Å²) in [5, 5.41) is 0. The Hall–Kier alpha value is -0.900. The second-order valence-corrected chi connectivity index (χ2v) is 4.58. The van der Waals surface area contributed by atoms with Crippen LogP contribution in [0.15, 0.2) is 24.3 Å². The van der Waals surface area contributed by atoms with Gasteiger partial charge in [-0.15, -0.1) is 0 Å². The van der Waals surface area contributed by atoms with Gasteiger partial charge >= 0.3 is 0 Å². The highest BCUT2D eigenvalue weighted by molar-refractivity contribution is 5.21. The molecule has 1 aromatic rings. The van der Waals surface area contributed by atoms with Crippen LogP contribution in [0.25, 0.3) is 0 Å². The molecule has 0 saturated carbocycles. The molecule has 78 valence electrons. The zero-order valence-corrected chi connectivity index (χ0v) is 9.16. The van der Waals surface area contributed by atoms with Crippen molar-refractivity contribution in [2.75, 3.05) is 21.1 Å². The molecule has 0 bridgehead atoms. The fourth-order valence-electron chi connectivity index (χ4n) is 1.38. The average molecular weight is 195 g/mol. The number of nitrogens with zero attached hydrogens (tertiary/aromatic N) is 1. The highest BCUT2D eigenvalue weighted by Gasteiger charge is 2.07. The van der Waals surface area contributed by atoms with Gasteiger partial charge in [0.15, 0.2) is 0 Å². The summed E-state index contributed by atoms with van der Waals surface area (Å²) in [6, 6.07) is 8.35. The van der Waals surface area contributed by atoms with E-state index in [1.807, 2.05) is 0 Å². The maximum absolute atomic E-state index is 5.00. The molecule has 14 heavy (non-hydrogen) atoms. The first-order valence-electron chi connectivity index (χ1n) is 4.71. The van der Waals surface area contributed by atoms with Gasteiger partial charge in [0.2, 0.25) is 0 Å². The Morgan fingerprint density at radius 3 is 2.00 bits per heavy atom. The van der Waals surface area contributed by atoms with E-state index in [0.29, 0.717) is 6.61 Å². The van der Waals surface area contributed by atoms with Crippen molar-refractivity contribution in [1.82, 2.24) is 0 Å². The molecule has 0 heterocycles. The molecule has 2 N–H and O–H groups in total. The lowest BCUT2D eigenvalue weighted by Gasteiger charge is -2.23. The lowest BCUT2D eigenvalue weighted by molar-refractivity contribution is -0.884. The Morgan fingerprint density at radius 2 is 1.57 bits per heavy atom. The monoisotopic (exact) mass is 195 g/mol. The number of quaternary nitrogens is 1. The van der Waals surface area contributed by atoms with Gasteiger partial charge in [0, 0.05) is 5.56 Å². The number of hydrogen-bond acceptors (Lipinski definition) is 2. The van der Waals surface area contributed by atoms with Crippen LogP contribution in [0.3, 0.4) is 0 Å². The van der Waals surface area contributed by atoms with Crippen LogP contribution in [-0.2, 0) is 18.0 Å². The smallest absolute Gasteiger partial charge is 0.104 e. The third kappa shape index (κ3) is 3.87. The molecule has 1 rings (SSSR count). The quantitative estimate of drug-likeness (QED) is 0.580. The van der Waals surface area contributed by atoms with Crippen molar-refractivity contribution in [2.24, 2.45) is 5.90 Å². The predicted molar refractivity (Wildman–Crippen MR) is 57.2 cm³/mol. The van der Waals surface area contributed by atoms with Gasteiger partial charge < -0.3 is 4.48 Å². The Labute approximate surface area is 85.6 Å². The van der Waals surface area contributed by atoms with Crippen LogP contribution in [0.2, 0.25) is 0 Å². The predicted octanol–water partition coefficient (Wildman–Crippen LogP) is 1.28. The second kappa shape index (κ2) is 4.55. The molecule has 0 unspecified atom stereocenters. The van der Waals surface area contributed by atoms with Crippen LogP contribution < -0.4 is 5.90 Å². The van der Waals surface area contributed by atoms with E-state index in [0.717, 1.165) is 16.6 Å². The maximum Gasteiger partial charge on any atom is 0.104 e. The van der Waals surface area contributed by atoms with Gasteiger partial charge in [0.1, 0.15) is 6.54 Å². The number of rotatable bonds is 4. The summed E-state index contributed by atoms with van der Waals surface area (Å²) in [6.07, 6.45) is 0. The zero-order valence-electron chi connectivity index (χ0n) is 9.16. The summed E-state index contributed by atoms with van der Waals surface area (Å²) in [5.41, 5.74) is 2.44. The van der Waals surface area contributed by atoms with E-state index in [1.165, 1.54) is 5.56 Å². The highest BCUT2D eigenvalue weighted by atomic mass is 16.6. The summed E-state index contributed by atoms with van der Waals surface area (Å²) in [7, 11) is 6.53. The standard InChI is InChI=1S/C11H19N2O/c1-13(2,3)8-10-4-6-11(7-5-10)9-14-12/h4-7H,8-9,12H2,1-3H3/q+1. The molecule has 3 heteroatoms. The van der Waals surface area contributed by atoms with Gasteiger partial charge in [-0.25, -0.2) is 5.90 Å². The summed E-state index contributed by atoms with van der Waals surface area (Å²) >= 11 is 0. The van der Waals surface area contributed by atoms with E-state index >= 15 is 0 Å². The van der Waals surface area contributed by atoms with Gasteiger partial charge in [0.25, 0.3) is 0 Å². The van der Waals surface area contributed by atoms with E-state index in [1.54, 1.807) is 0 Å². The van der Waals surface area contributed by atoms with Crippen LogP contribution in [0.5, 0.6) is 0 Å². The van der Waals surface area contributed by atoms with Crippen LogP contribution in [0.4, 0.5) is 0 Å². The van der Waals surface area contributed by atoms with Crippen LogP contribution in [0, 0.1) is 0 Å². The van der Waals surface area contributed by atoms with E-state index < -0.39 is 0 Å². The van der Waals surface area contributed by atoms with Gasteiger partial charge in [0.05, 0.1) is 27.7 Å². The minimum atomic E-state index is 0.477. The molecule has 0 amide bonds. The lowest BCUT2D eigenvalue weighted by atomic mass is 10.1. The molecule has 3 nitrogen and oxygen atoms in total. The largest absolute Gasteiger partial charge is 0.327 e. The van der Waals surface area contributed by atoms with Gasteiger partial charge in [-0.2, -0.15) is 0 Å². The van der Waals surface area contributed by atoms with Crippen molar-refractivity contribution >= 4 is 0 Å². The Kier molecular flexibility index (Phi) is 3.63. The Bertz CT molecular complexity index is 274. The minimum absolute atomic E-state index is 0.477. The summed E-state index contributed by atoms with van der Waals surface area (Å²) in [6.45, 7) is 1.51. The van der Waals surface area contributed by atoms with E-state index in [-0.39, 0.29) is 0 Å². The van der Waals surface area contributed by atoms with Crippen molar-refractivity contribution in [3.63, 3.8) is 0 Å². The second-order valence-electron chi connectivity index (χ2n) is 4.58. The first-order valence-corrected chi connectivity index (χ1v) is 4.71. The molecule has 0 atom stereocenters.